The van der Waals surface area contributed by atoms with Crippen molar-refractivity contribution in [2.75, 3.05) is 5.32 Å². The Morgan fingerprint density at radius 1 is 1.03 bits per heavy atom. The van der Waals surface area contributed by atoms with Gasteiger partial charge in [0.25, 0.3) is 0 Å². The van der Waals surface area contributed by atoms with Crippen LogP contribution in [-0.4, -0.2) is 21.3 Å². The van der Waals surface area contributed by atoms with E-state index < -0.39 is 5.97 Å². The van der Waals surface area contributed by atoms with Crippen molar-refractivity contribution in [1.29, 1.82) is 0 Å². The Kier molecular flexibility index (Phi) is 5.90. The summed E-state index contributed by atoms with van der Waals surface area (Å²) < 4.78 is 6.47. The van der Waals surface area contributed by atoms with E-state index in [9.17, 15) is 14.7 Å². The van der Waals surface area contributed by atoms with E-state index in [1.165, 1.54) is 0 Å². The van der Waals surface area contributed by atoms with Gasteiger partial charge >= 0.3 is 5.97 Å². The lowest BCUT2D eigenvalue weighted by Gasteiger charge is -2.20. The smallest absolute Gasteiger partial charge is 0.337 e. The maximum Gasteiger partial charge on any atom is 0.337 e. The van der Waals surface area contributed by atoms with Gasteiger partial charge < -0.3 is 14.8 Å². The normalized spacial score (nSPS) is 12.0. The fraction of sp³-hybridized carbons (Fsp3) is 0.138. The number of aromatic amines is 1. The summed E-state index contributed by atoms with van der Waals surface area (Å²) in [6, 6.07) is 19.8. The quantitative estimate of drug-likeness (QED) is 0.262. The molecule has 2 heterocycles. The molecular weight excluding hydrogens is 454 g/mol. The van der Waals surface area contributed by atoms with Gasteiger partial charge in [-0.2, -0.15) is 5.10 Å². The van der Waals surface area contributed by atoms with Crippen molar-refractivity contribution in [3.8, 4) is 22.6 Å². The van der Waals surface area contributed by atoms with E-state index in [-0.39, 0.29) is 17.0 Å². The zero-order valence-corrected chi connectivity index (χ0v) is 20.1. The van der Waals surface area contributed by atoms with Gasteiger partial charge in [0.1, 0.15) is 11.3 Å². The van der Waals surface area contributed by atoms with Crippen molar-refractivity contribution in [3.63, 3.8) is 0 Å². The van der Waals surface area contributed by atoms with Gasteiger partial charge in [-0.15, -0.1) is 0 Å². The number of aromatic carboxylic acids is 1. The van der Waals surface area contributed by atoms with Crippen LogP contribution in [0.1, 0.15) is 40.0 Å². The van der Waals surface area contributed by atoms with E-state index in [1.54, 1.807) is 37.4 Å². The molecule has 0 aliphatic rings. The summed E-state index contributed by atoms with van der Waals surface area (Å²) in [5.74, 6) is -0.520. The molecule has 0 fully saturated rings. The summed E-state index contributed by atoms with van der Waals surface area (Å²) in [6.07, 6.45) is 1.76. The van der Waals surface area contributed by atoms with Gasteiger partial charge in [-0.3, -0.25) is 9.89 Å². The molecule has 1 unspecified atom stereocenters. The Bertz CT molecular complexity index is 1650. The molecule has 0 aliphatic heterocycles. The molecule has 5 aromatic rings. The number of benzene rings is 3. The Hall–Kier alpha value is -4.65. The Labute approximate surface area is 207 Å². The van der Waals surface area contributed by atoms with E-state index in [4.69, 9.17) is 4.42 Å². The highest BCUT2D eigenvalue weighted by atomic mass is 16.4. The molecule has 180 valence electrons. The first-order chi connectivity index (χ1) is 17.3. The number of nitrogens with one attached hydrogen (secondary N) is 2. The third-order valence-corrected chi connectivity index (χ3v) is 6.31. The first-order valence-corrected chi connectivity index (χ1v) is 11.6. The van der Waals surface area contributed by atoms with Crippen LogP contribution >= 0.6 is 0 Å². The van der Waals surface area contributed by atoms with Crippen LogP contribution in [0.3, 0.4) is 0 Å². The van der Waals surface area contributed by atoms with Crippen LogP contribution < -0.4 is 10.7 Å². The van der Waals surface area contributed by atoms with Crippen molar-refractivity contribution in [2.24, 2.45) is 0 Å². The molecule has 0 amide bonds. The number of aryl methyl sites for hydroxylation is 1. The van der Waals surface area contributed by atoms with Gasteiger partial charge in [-0.25, -0.2) is 4.79 Å². The number of rotatable bonds is 6. The SMILES string of the molecule is Cc1cc(C(C)Nc2ccccc2C(=O)O)c2oc(-c3cccc(-c4cc[nH]n4)c3)c(C)c(=O)c2c1. The minimum Gasteiger partial charge on any atom is -0.478 e. The van der Waals surface area contributed by atoms with Crippen LogP contribution in [0, 0.1) is 13.8 Å². The molecule has 0 saturated carbocycles. The Morgan fingerprint density at radius 3 is 2.56 bits per heavy atom. The molecular formula is C29H25N3O4. The van der Waals surface area contributed by atoms with Crippen molar-refractivity contribution < 1.29 is 14.3 Å². The van der Waals surface area contributed by atoms with Crippen LogP contribution in [0.25, 0.3) is 33.6 Å². The van der Waals surface area contributed by atoms with Crippen LogP contribution in [-0.2, 0) is 0 Å². The van der Waals surface area contributed by atoms with Crippen LogP contribution in [0.5, 0.6) is 0 Å². The molecule has 0 radical (unpaired) electrons. The highest BCUT2D eigenvalue weighted by Gasteiger charge is 2.20. The minimum atomic E-state index is -1.01. The van der Waals surface area contributed by atoms with Gasteiger partial charge in [0, 0.05) is 34.1 Å². The number of carboxylic acid groups (broad SMARTS) is 1. The van der Waals surface area contributed by atoms with E-state index >= 15 is 0 Å². The average molecular weight is 480 g/mol. The predicted octanol–water partition coefficient (Wildman–Crippen LogP) is 6.34. The van der Waals surface area contributed by atoms with Gasteiger partial charge in [0.15, 0.2) is 5.43 Å². The molecule has 36 heavy (non-hydrogen) atoms. The molecule has 0 spiro atoms. The fourth-order valence-corrected chi connectivity index (χ4v) is 4.51. The van der Waals surface area contributed by atoms with Gasteiger partial charge in [-0.05, 0) is 56.7 Å². The van der Waals surface area contributed by atoms with E-state index in [1.807, 2.05) is 56.3 Å². The number of para-hydroxylation sites is 1. The molecule has 7 heteroatoms. The molecule has 3 aromatic carbocycles. The third kappa shape index (κ3) is 4.15. The van der Waals surface area contributed by atoms with Crippen molar-refractivity contribution in [2.45, 2.75) is 26.8 Å². The molecule has 7 nitrogen and oxygen atoms in total. The van der Waals surface area contributed by atoms with Crippen LogP contribution in [0.4, 0.5) is 5.69 Å². The summed E-state index contributed by atoms with van der Waals surface area (Å²) in [6.45, 7) is 5.62. The van der Waals surface area contributed by atoms with Crippen molar-refractivity contribution in [3.05, 3.63) is 105 Å². The second-order valence-corrected chi connectivity index (χ2v) is 8.87. The van der Waals surface area contributed by atoms with Crippen LogP contribution in [0.15, 0.2) is 82.1 Å². The minimum absolute atomic E-state index is 0.0977. The molecule has 1 atom stereocenters. The summed E-state index contributed by atoms with van der Waals surface area (Å²) >= 11 is 0. The molecule has 0 saturated heterocycles. The number of hydrogen-bond acceptors (Lipinski definition) is 5. The highest BCUT2D eigenvalue weighted by Crippen LogP contribution is 2.33. The number of aromatic nitrogens is 2. The first-order valence-electron chi connectivity index (χ1n) is 11.6. The van der Waals surface area contributed by atoms with Crippen molar-refractivity contribution in [1.82, 2.24) is 10.2 Å². The van der Waals surface area contributed by atoms with Crippen molar-refractivity contribution >= 4 is 22.6 Å². The molecule has 2 aromatic heterocycles. The van der Waals surface area contributed by atoms with Crippen LogP contribution in [0.2, 0.25) is 0 Å². The monoisotopic (exact) mass is 479 g/mol. The second kappa shape index (κ2) is 9.19. The largest absolute Gasteiger partial charge is 0.478 e. The third-order valence-electron chi connectivity index (χ3n) is 6.31. The van der Waals surface area contributed by atoms with Gasteiger partial charge in [-0.1, -0.05) is 36.4 Å². The zero-order valence-electron chi connectivity index (χ0n) is 20.1. The number of carbonyl (C=O) groups is 1. The lowest BCUT2D eigenvalue weighted by molar-refractivity contribution is 0.0698. The number of fused-ring (bicyclic) bond motifs is 1. The highest BCUT2D eigenvalue weighted by molar-refractivity contribution is 5.94. The summed E-state index contributed by atoms with van der Waals surface area (Å²) in [5.41, 5.74) is 5.73. The van der Waals surface area contributed by atoms with Gasteiger partial charge in [0.2, 0.25) is 0 Å². The van der Waals surface area contributed by atoms with E-state index in [0.717, 1.165) is 27.9 Å². The summed E-state index contributed by atoms with van der Waals surface area (Å²) in [4.78, 5) is 25.2. The Balaban J connectivity index is 1.66. The fourth-order valence-electron chi connectivity index (χ4n) is 4.51. The number of hydrogen-bond donors (Lipinski definition) is 3. The first kappa shape index (κ1) is 23.1. The lowest BCUT2D eigenvalue weighted by Crippen LogP contribution is -2.14. The second-order valence-electron chi connectivity index (χ2n) is 8.87. The Morgan fingerprint density at radius 2 is 1.81 bits per heavy atom. The molecule has 5 rings (SSSR count). The number of nitrogens with zero attached hydrogens (tertiary/aromatic N) is 1. The maximum atomic E-state index is 13.5. The number of H-pyrrole nitrogens is 1. The average Bonchev–Trinajstić information content (AvgIpc) is 3.41. The maximum absolute atomic E-state index is 13.5. The predicted molar refractivity (Wildman–Crippen MR) is 140 cm³/mol. The van der Waals surface area contributed by atoms with E-state index in [0.29, 0.717) is 28.0 Å². The molecule has 0 bridgehead atoms. The lowest BCUT2D eigenvalue weighted by atomic mass is 9.98. The standard InChI is InChI=1S/C29H25N3O4/c1-16-13-22(18(3)31-25-10-5-4-9-21(25)29(34)35)28-23(14-16)26(33)17(2)27(36-28)20-8-6-7-19(15-20)24-11-12-30-32-24/h4-15,18,31H,1-3H3,(H,30,32)(H,34,35). The summed E-state index contributed by atoms with van der Waals surface area (Å²) in [5, 5.41) is 20.4. The van der Waals surface area contributed by atoms with Gasteiger partial charge in [0.05, 0.1) is 22.7 Å². The topological polar surface area (TPSA) is 108 Å². The number of anilines is 1. The molecule has 0 aliphatic carbocycles. The van der Waals surface area contributed by atoms with E-state index in [2.05, 4.69) is 15.5 Å². The summed E-state index contributed by atoms with van der Waals surface area (Å²) in [7, 11) is 0. The number of carboxylic acids is 1. The molecule has 3 N–H and O–H groups in total. The zero-order chi connectivity index (χ0) is 25.4.